The minimum Gasteiger partial charge on any atom is -0.385 e. The number of piperidine rings is 1. The van der Waals surface area contributed by atoms with Gasteiger partial charge >= 0.3 is 0 Å². The van der Waals surface area contributed by atoms with E-state index < -0.39 is 6.10 Å². The van der Waals surface area contributed by atoms with Gasteiger partial charge in [0.05, 0.1) is 6.10 Å². The lowest BCUT2D eigenvalue weighted by atomic mass is 9.91. The number of carbonyl (C=O) groups is 1. The van der Waals surface area contributed by atoms with E-state index in [1.165, 1.54) is 0 Å². The first-order chi connectivity index (χ1) is 10.6. The summed E-state index contributed by atoms with van der Waals surface area (Å²) in [6.45, 7) is 3.36. The van der Waals surface area contributed by atoms with Gasteiger partial charge in [-0.25, -0.2) is 4.98 Å². The molecular formula is C16H25N3O3. The van der Waals surface area contributed by atoms with Crippen LogP contribution in [-0.4, -0.2) is 50.8 Å². The highest BCUT2D eigenvalue weighted by Gasteiger charge is 2.36. The van der Waals surface area contributed by atoms with Gasteiger partial charge in [-0.15, -0.1) is 0 Å². The predicted octanol–water partition coefficient (Wildman–Crippen LogP) is 1.26. The first kappa shape index (κ1) is 15.5. The van der Waals surface area contributed by atoms with E-state index in [9.17, 15) is 9.90 Å². The van der Waals surface area contributed by atoms with E-state index in [2.05, 4.69) is 4.98 Å². The summed E-state index contributed by atoms with van der Waals surface area (Å²) in [5.41, 5.74) is 0. The van der Waals surface area contributed by atoms with Gasteiger partial charge in [-0.3, -0.25) is 4.79 Å². The molecule has 6 nitrogen and oxygen atoms in total. The topological polar surface area (TPSA) is 67.6 Å². The Morgan fingerprint density at radius 3 is 2.91 bits per heavy atom. The molecule has 2 saturated heterocycles. The predicted molar refractivity (Wildman–Crippen MR) is 81.0 cm³/mol. The summed E-state index contributed by atoms with van der Waals surface area (Å²) in [7, 11) is 1.88. The number of aliphatic hydroxyl groups is 1. The summed E-state index contributed by atoms with van der Waals surface area (Å²) in [4.78, 5) is 18.7. The minimum atomic E-state index is -0.626. The maximum Gasteiger partial charge on any atom is 0.251 e. The van der Waals surface area contributed by atoms with Crippen molar-refractivity contribution in [1.29, 1.82) is 0 Å². The maximum absolute atomic E-state index is 12.6. The van der Waals surface area contributed by atoms with Gasteiger partial charge in [0.15, 0.2) is 0 Å². The third kappa shape index (κ3) is 3.03. The van der Waals surface area contributed by atoms with Gasteiger partial charge in [0.25, 0.3) is 5.91 Å². The Morgan fingerprint density at radius 1 is 1.45 bits per heavy atom. The molecule has 4 unspecified atom stereocenters. The van der Waals surface area contributed by atoms with Crippen molar-refractivity contribution in [2.45, 2.75) is 50.9 Å². The molecule has 1 amide bonds. The van der Waals surface area contributed by atoms with Crippen LogP contribution in [0.4, 0.5) is 0 Å². The Kier molecular flexibility index (Phi) is 4.49. The molecule has 3 rings (SSSR count). The van der Waals surface area contributed by atoms with E-state index in [4.69, 9.17) is 4.74 Å². The summed E-state index contributed by atoms with van der Waals surface area (Å²) in [6.07, 6.45) is 6.37. The van der Waals surface area contributed by atoms with Crippen LogP contribution in [0, 0.1) is 5.92 Å². The molecule has 0 bridgehead atoms. The Morgan fingerprint density at radius 2 is 2.27 bits per heavy atom. The van der Waals surface area contributed by atoms with E-state index in [0.29, 0.717) is 12.4 Å². The largest absolute Gasteiger partial charge is 0.385 e. The van der Waals surface area contributed by atoms with Gasteiger partial charge in [-0.1, -0.05) is 0 Å². The molecular weight excluding hydrogens is 282 g/mol. The fourth-order valence-corrected chi connectivity index (χ4v) is 3.53. The first-order valence-electron chi connectivity index (χ1n) is 8.15. The zero-order valence-electron chi connectivity index (χ0n) is 13.3. The van der Waals surface area contributed by atoms with Gasteiger partial charge in [0.1, 0.15) is 18.0 Å². The Bertz CT molecular complexity index is 530. The van der Waals surface area contributed by atoms with Crippen molar-refractivity contribution in [1.82, 2.24) is 14.5 Å². The standard InChI is InChI=1S/C16H25N3O3/c1-11-5-6-13(22-11)16(21)19-8-3-4-12(10-19)14(20)15-17-7-9-18(15)2/h7,9,11-14,20H,3-6,8,10H2,1-2H3. The highest BCUT2D eigenvalue weighted by molar-refractivity contribution is 5.81. The molecule has 2 fully saturated rings. The van der Waals surface area contributed by atoms with Crippen LogP contribution in [0.15, 0.2) is 12.4 Å². The lowest BCUT2D eigenvalue weighted by Gasteiger charge is -2.36. The second kappa shape index (κ2) is 6.38. The van der Waals surface area contributed by atoms with Crippen molar-refractivity contribution in [3.63, 3.8) is 0 Å². The molecule has 3 heterocycles. The number of aliphatic hydroxyl groups excluding tert-OH is 1. The fraction of sp³-hybridized carbons (Fsp3) is 0.750. The average molecular weight is 307 g/mol. The van der Waals surface area contributed by atoms with E-state index >= 15 is 0 Å². The van der Waals surface area contributed by atoms with Crippen LogP contribution in [-0.2, 0) is 16.6 Å². The number of carbonyl (C=O) groups excluding carboxylic acids is 1. The second-order valence-corrected chi connectivity index (χ2v) is 6.54. The highest BCUT2D eigenvalue weighted by atomic mass is 16.5. The molecule has 0 aromatic carbocycles. The van der Waals surface area contributed by atoms with Gasteiger partial charge in [0.2, 0.25) is 0 Å². The van der Waals surface area contributed by atoms with Crippen LogP contribution in [0.5, 0.6) is 0 Å². The van der Waals surface area contributed by atoms with Crippen LogP contribution in [0.3, 0.4) is 0 Å². The van der Waals surface area contributed by atoms with Crippen molar-refractivity contribution in [2.24, 2.45) is 13.0 Å². The molecule has 122 valence electrons. The summed E-state index contributed by atoms with van der Waals surface area (Å²) in [6, 6.07) is 0. The number of hydrogen-bond donors (Lipinski definition) is 1. The number of rotatable bonds is 3. The molecule has 22 heavy (non-hydrogen) atoms. The zero-order chi connectivity index (χ0) is 15.7. The van der Waals surface area contributed by atoms with Gasteiger partial charge in [-0.2, -0.15) is 0 Å². The normalized spacial score (nSPS) is 30.5. The monoisotopic (exact) mass is 307 g/mol. The van der Waals surface area contributed by atoms with Crippen LogP contribution >= 0.6 is 0 Å². The third-order valence-corrected chi connectivity index (χ3v) is 4.85. The molecule has 4 atom stereocenters. The lowest BCUT2D eigenvalue weighted by Crippen LogP contribution is -2.46. The molecule has 2 aliphatic rings. The highest BCUT2D eigenvalue weighted by Crippen LogP contribution is 2.30. The molecule has 1 aromatic rings. The summed E-state index contributed by atoms with van der Waals surface area (Å²) < 4.78 is 7.53. The van der Waals surface area contributed by atoms with E-state index in [0.717, 1.165) is 32.2 Å². The third-order valence-electron chi connectivity index (χ3n) is 4.85. The van der Waals surface area contributed by atoms with E-state index in [1.54, 1.807) is 6.20 Å². The summed E-state index contributed by atoms with van der Waals surface area (Å²) in [5.74, 6) is 0.795. The molecule has 6 heteroatoms. The molecule has 0 aliphatic carbocycles. The first-order valence-corrected chi connectivity index (χ1v) is 8.15. The Hall–Kier alpha value is -1.40. The molecule has 0 spiro atoms. The van der Waals surface area contributed by atoms with Crippen molar-refractivity contribution in [3.8, 4) is 0 Å². The van der Waals surface area contributed by atoms with Crippen molar-refractivity contribution in [3.05, 3.63) is 18.2 Å². The van der Waals surface area contributed by atoms with Crippen molar-refractivity contribution in [2.75, 3.05) is 13.1 Å². The van der Waals surface area contributed by atoms with Crippen LogP contribution in [0.2, 0.25) is 0 Å². The number of ether oxygens (including phenoxy) is 1. The quantitative estimate of drug-likeness (QED) is 0.913. The SMILES string of the molecule is CC1CCC(C(=O)N2CCCC(C(O)c3nccn3C)C2)O1. The van der Waals surface area contributed by atoms with E-state index in [1.807, 2.05) is 29.6 Å². The summed E-state index contributed by atoms with van der Waals surface area (Å²) in [5, 5.41) is 10.6. The average Bonchev–Trinajstić information content (AvgIpc) is 3.14. The summed E-state index contributed by atoms with van der Waals surface area (Å²) >= 11 is 0. The van der Waals surface area contributed by atoms with Crippen molar-refractivity contribution < 1.29 is 14.6 Å². The maximum atomic E-state index is 12.6. The molecule has 1 N–H and O–H groups in total. The van der Waals surface area contributed by atoms with Gasteiger partial charge in [-0.05, 0) is 32.6 Å². The number of imidazole rings is 1. The van der Waals surface area contributed by atoms with E-state index in [-0.39, 0.29) is 24.0 Å². The molecule has 2 aliphatic heterocycles. The number of nitrogens with zero attached hydrogens (tertiary/aromatic N) is 3. The molecule has 1 aromatic heterocycles. The second-order valence-electron chi connectivity index (χ2n) is 6.54. The minimum absolute atomic E-state index is 0.0395. The Balaban J connectivity index is 1.64. The number of aryl methyl sites for hydroxylation is 1. The van der Waals surface area contributed by atoms with Crippen LogP contribution in [0.25, 0.3) is 0 Å². The zero-order valence-corrected chi connectivity index (χ0v) is 13.3. The number of likely N-dealkylation sites (tertiary alicyclic amines) is 1. The van der Waals surface area contributed by atoms with Gasteiger partial charge < -0.3 is 19.3 Å². The van der Waals surface area contributed by atoms with Crippen LogP contribution in [0.1, 0.15) is 44.5 Å². The lowest BCUT2D eigenvalue weighted by molar-refractivity contribution is -0.145. The molecule has 0 radical (unpaired) electrons. The number of aromatic nitrogens is 2. The van der Waals surface area contributed by atoms with Crippen LogP contribution < -0.4 is 0 Å². The van der Waals surface area contributed by atoms with Crippen molar-refractivity contribution >= 4 is 5.91 Å². The Labute approximate surface area is 131 Å². The number of hydrogen-bond acceptors (Lipinski definition) is 4. The fourth-order valence-electron chi connectivity index (χ4n) is 3.53. The van der Waals surface area contributed by atoms with Gasteiger partial charge in [0, 0.05) is 38.4 Å². The number of amides is 1. The molecule has 0 saturated carbocycles. The smallest absolute Gasteiger partial charge is 0.251 e.